The summed E-state index contributed by atoms with van der Waals surface area (Å²) in [5.41, 5.74) is 0. The summed E-state index contributed by atoms with van der Waals surface area (Å²) in [6, 6.07) is 0. The van der Waals surface area contributed by atoms with Crippen molar-refractivity contribution in [1.29, 1.82) is 0 Å². The zero-order chi connectivity index (χ0) is 10.5. The second kappa shape index (κ2) is 5.09. The second-order valence-corrected chi connectivity index (χ2v) is 3.41. The summed E-state index contributed by atoms with van der Waals surface area (Å²) in [4.78, 5) is 6.29. The Morgan fingerprint density at radius 2 is 2.13 bits per heavy atom. The van der Waals surface area contributed by atoms with E-state index in [1.165, 1.54) is 0 Å². The molecule has 1 aliphatic heterocycles. The van der Waals surface area contributed by atoms with Crippen LogP contribution in [0.1, 0.15) is 12.3 Å². The molecule has 1 fully saturated rings. The lowest BCUT2D eigenvalue weighted by molar-refractivity contribution is 0.121. The molecule has 0 unspecified atom stereocenters. The molecule has 0 atom stereocenters. The molecule has 0 aliphatic carbocycles. The van der Waals surface area contributed by atoms with Crippen molar-refractivity contribution in [3.63, 3.8) is 0 Å². The van der Waals surface area contributed by atoms with E-state index in [0.29, 0.717) is 37.9 Å². The van der Waals surface area contributed by atoms with Crippen molar-refractivity contribution in [2.24, 2.45) is 0 Å². The number of morpholine rings is 1. The summed E-state index contributed by atoms with van der Waals surface area (Å²) in [6.07, 6.45) is 1.29. The Bertz CT molecular complexity index is 297. The SMILES string of the molecule is OCCCc1nc(N2CCOCC2)no1. The van der Waals surface area contributed by atoms with E-state index >= 15 is 0 Å². The molecular formula is C9H15N3O3. The molecule has 0 saturated carbocycles. The lowest BCUT2D eigenvalue weighted by Gasteiger charge is -2.24. The van der Waals surface area contributed by atoms with Crippen molar-refractivity contribution in [2.75, 3.05) is 37.8 Å². The monoisotopic (exact) mass is 213 g/mol. The summed E-state index contributed by atoms with van der Waals surface area (Å²) in [5, 5.41) is 12.6. The maximum absolute atomic E-state index is 8.67. The maximum atomic E-state index is 8.67. The number of ether oxygens (including phenoxy) is 1. The minimum atomic E-state index is 0.148. The molecule has 0 bridgehead atoms. The van der Waals surface area contributed by atoms with E-state index in [9.17, 15) is 0 Å². The van der Waals surface area contributed by atoms with Gasteiger partial charge in [0, 0.05) is 26.1 Å². The van der Waals surface area contributed by atoms with Gasteiger partial charge in [-0.1, -0.05) is 0 Å². The molecular weight excluding hydrogens is 198 g/mol. The third-order valence-electron chi connectivity index (χ3n) is 2.30. The van der Waals surface area contributed by atoms with Crippen LogP contribution in [0.2, 0.25) is 0 Å². The third-order valence-corrected chi connectivity index (χ3v) is 2.30. The van der Waals surface area contributed by atoms with Crippen LogP contribution in [0.4, 0.5) is 5.95 Å². The Labute approximate surface area is 87.8 Å². The van der Waals surface area contributed by atoms with Crippen LogP contribution in [-0.2, 0) is 11.2 Å². The molecule has 0 spiro atoms. The van der Waals surface area contributed by atoms with Gasteiger partial charge in [-0.2, -0.15) is 4.98 Å². The highest BCUT2D eigenvalue weighted by Gasteiger charge is 2.16. The van der Waals surface area contributed by atoms with Gasteiger partial charge in [0.15, 0.2) is 0 Å². The average molecular weight is 213 g/mol. The minimum Gasteiger partial charge on any atom is -0.396 e. The van der Waals surface area contributed by atoms with Gasteiger partial charge >= 0.3 is 0 Å². The predicted octanol–water partition coefficient (Wildman–Crippen LogP) is -0.169. The Hall–Kier alpha value is -1.14. The Balaban J connectivity index is 1.93. The number of aromatic nitrogens is 2. The summed E-state index contributed by atoms with van der Waals surface area (Å²) in [6.45, 7) is 3.17. The van der Waals surface area contributed by atoms with Crippen LogP contribution < -0.4 is 4.90 Å². The van der Waals surface area contributed by atoms with E-state index in [1.54, 1.807) is 0 Å². The normalized spacial score (nSPS) is 17.0. The Kier molecular flexibility index (Phi) is 3.52. The van der Waals surface area contributed by atoms with Crippen molar-refractivity contribution in [3.05, 3.63) is 5.89 Å². The number of hydrogen-bond donors (Lipinski definition) is 1. The van der Waals surface area contributed by atoms with E-state index in [1.807, 2.05) is 4.90 Å². The molecule has 2 rings (SSSR count). The van der Waals surface area contributed by atoms with Crippen LogP contribution in [-0.4, -0.2) is 48.2 Å². The molecule has 84 valence electrons. The first kappa shape index (κ1) is 10.4. The van der Waals surface area contributed by atoms with Crippen molar-refractivity contribution < 1.29 is 14.4 Å². The molecule has 2 heterocycles. The van der Waals surface area contributed by atoms with Gasteiger partial charge in [0.05, 0.1) is 13.2 Å². The van der Waals surface area contributed by atoms with Crippen LogP contribution >= 0.6 is 0 Å². The molecule has 1 aromatic heterocycles. The Morgan fingerprint density at radius 3 is 2.87 bits per heavy atom. The number of aliphatic hydroxyl groups excluding tert-OH is 1. The molecule has 6 heteroatoms. The number of anilines is 1. The minimum absolute atomic E-state index is 0.148. The largest absolute Gasteiger partial charge is 0.396 e. The van der Waals surface area contributed by atoms with Gasteiger partial charge in [0.2, 0.25) is 5.89 Å². The lowest BCUT2D eigenvalue weighted by atomic mass is 10.3. The number of rotatable bonds is 4. The van der Waals surface area contributed by atoms with Gasteiger partial charge in [-0.15, -0.1) is 0 Å². The molecule has 1 aliphatic rings. The third kappa shape index (κ3) is 2.66. The van der Waals surface area contributed by atoms with E-state index < -0.39 is 0 Å². The summed E-state index contributed by atoms with van der Waals surface area (Å²) >= 11 is 0. The average Bonchev–Trinajstić information content (AvgIpc) is 2.76. The molecule has 0 aromatic carbocycles. The molecule has 1 N–H and O–H groups in total. The van der Waals surface area contributed by atoms with Crippen molar-refractivity contribution in [2.45, 2.75) is 12.8 Å². The van der Waals surface area contributed by atoms with Gasteiger partial charge in [0.25, 0.3) is 5.95 Å². The molecule has 1 aromatic rings. The highest BCUT2D eigenvalue weighted by atomic mass is 16.5. The highest BCUT2D eigenvalue weighted by Crippen LogP contribution is 2.11. The number of aryl methyl sites for hydroxylation is 1. The zero-order valence-electron chi connectivity index (χ0n) is 8.56. The van der Waals surface area contributed by atoms with Crippen molar-refractivity contribution in [1.82, 2.24) is 10.1 Å². The molecule has 1 saturated heterocycles. The fourth-order valence-corrected chi connectivity index (χ4v) is 1.47. The Morgan fingerprint density at radius 1 is 1.33 bits per heavy atom. The van der Waals surface area contributed by atoms with Gasteiger partial charge in [-0.3, -0.25) is 0 Å². The molecule has 0 radical (unpaired) electrons. The van der Waals surface area contributed by atoms with Crippen LogP contribution in [0.25, 0.3) is 0 Å². The summed E-state index contributed by atoms with van der Waals surface area (Å²) < 4.78 is 10.3. The highest BCUT2D eigenvalue weighted by molar-refractivity contribution is 5.27. The molecule has 15 heavy (non-hydrogen) atoms. The van der Waals surface area contributed by atoms with Crippen LogP contribution in [0.15, 0.2) is 4.52 Å². The zero-order valence-corrected chi connectivity index (χ0v) is 8.56. The topological polar surface area (TPSA) is 71.6 Å². The first-order valence-corrected chi connectivity index (χ1v) is 5.16. The second-order valence-electron chi connectivity index (χ2n) is 3.41. The van der Waals surface area contributed by atoms with Crippen LogP contribution in [0, 0.1) is 0 Å². The predicted molar refractivity (Wildman–Crippen MR) is 52.7 cm³/mol. The van der Waals surface area contributed by atoms with Gasteiger partial charge in [-0.25, -0.2) is 0 Å². The standard InChI is InChI=1S/C9H15N3O3/c13-5-1-2-8-10-9(11-15-8)12-3-6-14-7-4-12/h13H,1-7H2. The quantitative estimate of drug-likeness (QED) is 0.748. The van der Waals surface area contributed by atoms with Crippen LogP contribution in [0.3, 0.4) is 0 Å². The lowest BCUT2D eigenvalue weighted by Crippen LogP contribution is -2.36. The smallest absolute Gasteiger partial charge is 0.266 e. The van der Waals surface area contributed by atoms with E-state index in [-0.39, 0.29) is 6.61 Å². The first-order valence-electron chi connectivity index (χ1n) is 5.16. The van der Waals surface area contributed by atoms with Crippen molar-refractivity contribution in [3.8, 4) is 0 Å². The van der Waals surface area contributed by atoms with Crippen molar-refractivity contribution >= 4 is 5.95 Å². The maximum Gasteiger partial charge on any atom is 0.266 e. The fourth-order valence-electron chi connectivity index (χ4n) is 1.47. The molecule has 6 nitrogen and oxygen atoms in total. The van der Waals surface area contributed by atoms with Gasteiger partial charge in [0.1, 0.15) is 0 Å². The van der Waals surface area contributed by atoms with Gasteiger partial charge in [-0.05, 0) is 11.6 Å². The fraction of sp³-hybridized carbons (Fsp3) is 0.778. The van der Waals surface area contributed by atoms with Gasteiger partial charge < -0.3 is 19.3 Å². The first-order chi connectivity index (χ1) is 7.40. The number of hydrogen-bond acceptors (Lipinski definition) is 6. The van der Waals surface area contributed by atoms with Crippen LogP contribution in [0.5, 0.6) is 0 Å². The number of aliphatic hydroxyl groups is 1. The molecule has 0 amide bonds. The summed E-state index contributed by atoms with van der Waals surface area (Å²) in [7, 11) is 0. The summed E-state index contributed by atoms with van der Waals surface area (Å²) in [5.74, 6) is 1.22. The number of nitrogens with zero attached hydrogens (tertiary/aromatic N) is 3. The van der Waals surface area contributed by atoms with E-state index in [4.69, 9.17) is 14.4 Å². The van der Waals surface area contributed by atoms with E-state index in [2.05, 4.69) is 10.1 Å². The van der Waals surface area contributed by atoms with E-state index in [0.717, 1.165) is 13.1 Å².